The molecule has 0 atom stereocenters. The summed E-state index contributed by atoms with van der Waals surface area (Å²) in [5.74, 6) is -0.763. The highest BCUT2D eigenvalue weighted by atomic mass is 19.1. The topological polar surface area (TPSA) is 40.6 Å². The summed E-state index contributed by atoms with van der Waals surface area (Å²) < 4.78 is 13.9. The van der Waals surface area contributed by atoms with E-state index in [1.807, 2.05) is 49.1 Å². The number of benzene rings is 2. The summed E-state index contributed by atoms with van der Waals surface area (Å²) in [5.41, 5.74) is 1.21. The summed E-state index contributed by atoms with van der Waals surface area (Å²) in [7, 11) is 0. The lowest BCUT2D eigenvalue weighted by Crippen LogP contribution is -2.46. The summed E-state index contributed by atoms with van der Waals surface area (Å²) in [6.07, 6.45) is 1.22. The van der Waals surface area contributed by atoms with Gasteiger partial charge >= 0.3 is 0 Å². The van der Waals surface area contributed by atoms with Crippen molar-refractivity contribution in [3.63, 3.8) is 0 Å². The highest BCUT2D eigenvalue weighted by molar-refractivity contribution is 5.94. The van der Waals surface area contributed by atoms with Gasteiger partial charge in [-0.25, -0.2) is 4.39 Å². The summed E-state index contributed by atoms with van der Waals surface area (Å²) in [5, 5.41) is 0. The molecule has 3 rings (SSSR count). The number of carbonyl (C=O) groups excluding carboxylic acids is 2. The molecule has 0 N–H and O–H groups in total. The van der Waals surface area contributed by atoms with Gasteiger partial charge in [0.2, 0.25) is 5.91 Å². The monoisotopic (exact) mass is 382 g/mol. The van der Waals surface area contributed by atoms with Crippen LogP contribution in [0.1, 0.15) is 42.6 Å². The van der Waals surface area contributed by atoms with Crippen molar-refractivity contribution in [1.29, 1.82) is 0 Å². The molecule has 1 saturated heterocycles. The molecule has 148 valence electrons. The smallest absolute Gasteiger partial charge is 0.256 e. The third kappa shape index (κ3) is 4.58. The quantitative estimate of drug-likeness (QED) is 0.781. The molecule has 0 radical (unpaired) electrons. The minimum absolute atomic E-state index is 0.0974. The maximum Gasteiger partial charge on any atom is 0.256 e. The van der Waals surface area contributed by atoms with E-state index in [0.717, 1.165) is 5.56 Å². The van der Waals surface area contributed by atoms with Crippen LogP contribution in [0, 0.1) is 11.7 Å². The Morgan fingerprint density at radius 2 is 1.64 bits per heavy atom. The molecule has 1 fully saturated rings. The SMILES string of the molecule is CC(C)N(Cc1ccccc1)C(=O)C1CCN(C(=O)c2ccccc2F)CC1. The molecule has 5 heteroatoms. The molecule has 0 saturated carbocycles. The molecule has 0 unspecified atom stereocenters. The Labute approximate surface area is 166 Å². The van der Waals surface area contributed by atoms with Crippen LogP contribution in [0.25, 0.3) is 0 Å². The summed E-state index contributed by atoms with van der Waals surface area (Å²) in [6.45, 7) is 5.59. The van der Waals surface area contributed by atoms with Crippen molar-refractivity contribution in [1.82, 2.24) is 9.80 Å². The molecule has 28 heavy (non-hydrogen) atoms. The van der Waals surface area contributed by atoms with E-state index in [1.54, 1.807) is 17.0 Å². The van der Waals surface area contributed by atoms with Crippen molar-refractivity contribution in [3.8, 4) is 0 Å². The molecule has 2 aromatic carbocycles. The fraction of sp³-hybridized carbons (Fsp3) is 0.391. The zero-order valence-electron chi connectivity index (χ0n) is 16.5. The molecule has 0 aromatic heterocycles. The molecule has 0 spiro atoms. The number of piperidine rings is 1. The number of hydrogen-bond donors (Lipinski definition) is 0. The average molecular weight is 382 g/mol. The second-order valence-electron chi connectivity index (χ2n) is 7.59. The van der Waals surface area contributed by atoms with Crippen LogP contribution >= 0.6 is 0 Å². The van der Waals surface area contributed by atoms with Gasteiger partial charge in [-0.05, 0) is 44.4 Å². The Morgan fingerprint density at radius 3 is 2.25 bits per heavy atom. The first-order chi connectivity index (χ1) is 13.5. The Balaban J connectivity index is 1.62. The van der Waals surface area contributed by atoms with Crippen LogP contribution in [-0.2, 0) is 11.3 Å². The van der Waals surface area contributed by atoms with Crippen LogP contribution in [0.5, 0.6) is 0 Å². The van der Waals surface area contributed by atoms with Gasteiger partial charge in [0.15, 0.2) is 0 Å². The Bertz CT molecular complexity index is 814. The second kappa shape index (κ2) is 9.00. The molecular weight excluding hydrogens is 355 g/mol. The zero-order valence-corrected chi connectivity index (χ0v) is 16.5. The number of carbonyl (C=O) groups is 2. The number of nitrogens with zero attached hydrogens (tertiary/aromatic N) is 2. The summed E-state index contributed by atoms with van der Waals surface area (Å²) in [4.78, 5) is 29.2. The molecule has 1 aliphatic heterocycles. The van der Waals surface area contributed by atoms with Crippen LogP contribution in [0.15, 0.2) is 54.6 Å². The van der Waals surface area contributed by atoms with Gasteiger partial charge < -0.3 is 9.80 Å². The predicted molar refractivity (Wildman–Crippen MR) is 107 cm³/mol. The number of halogens is 1. The first kappa shape index (κ1) is 20.1. The largest absolute Gasteiger partial charge is 0.339 e. The summed E-state index contributed by atoms with van der Waals surface area (Å²) >= 11 is 0. The fourth-order valence-electron chi connectivity index (χ4n) is 3.66. The minimum Gasteiger partial charge on any atom is -0.339 e. The predicted octanol–water partition coefficient (Wildman–Crippen LogP) is 4.12. The third-order valence-electron chi connectivity index (χ3n) is 5.34. The molecule has 2 aromatic rings. The van der Waals surface area contributed by atoms with E-state index in [2.05, 4.69) is 0 Å². The molecule has 1 aliphatic rings. The van der Waals surface area contributed by atoms with E-state index >= 15 is 0 Å². The van der Waals surface area contributed by atoms with Gasteiger partial charge in [0.25, 0.3) is 5.91 Å². The van der Waals surface area contributed by atoms with Crippen molar-refractivity contribution in [2.75, 3.05) is 13.1 Å². The molecule has 2 amide bonds. The van der Waals surface area contributed by atoms with Gasteiger partial charge in [-0.2, -0.15) is 0 Å². The minimum atomic E-state index is -0.500. The first-order valence-electron chi connectivity index (χ1n) is 9.85. The van der Waals surface area contributed by atoms with Crippen LogP contribution in [-0.4, -0.2) is 40.7 Å². The molecule has 1 heterocycles. The van der Waals surface area contributed by atoms with Gasteiger partial charge in [-0.1, -0.05) is 42.5 Å². The van der Waals surface area contributed by atoms with Gasteiger partial charge in [-0.3, -0.25) is 9.59 Å². The van der Waals surface area contributed by atoms with E-state index in [9.17, 15) is 14.0 Å². The van der Waals surface area contributed by atoms with Crippen molar-refractivity contribution in [3.05, 3.63) is 71.5 Å². The van der Waals surface area contributed by atoms with Crippen molar-refractivity contribution >= 4 is 11.8 Å². The number of likely N-dealkylation sites (tertiary alicyclic amines) is 1. The van der Waals surface area contributed by atoms with Crippen molar-refractivity contribution < 1.29 is 14.0 Å². The fourth-order valence-corrected chi connectivity index (χ4v) is 3.66. The van der Waals surface area contributed by atoms with Gasteiger partial charge in [-0.15, -0.1) is 0 Å². The molecule has 0 bridgehead atoms. The third-order valence-corrected chi connectivity index (χ3v) is 5.34. The van der Waals surface area contributed by atoms with Gasteiger partial charge in [0.05, 0.1) is 5.56 Å². The van der Waals surface area contributed by atoms with E-state index < -0.39 is 5.82 Å². The Hall–Kier alpha value is -2.69. The van der Waals surface area contributed by atoms with E-state index in [0.29, 0.717) is 32.5 Å². The van der Waals surface area contributed by atoms with Crippen LogP contribution in [0.3, 0.4) is 0 Å². The normalized spacial score (nSPS) is 14.9. The maximum absolute atomic E-state index is 13.9. The van der Waals surface area contributed by atoms with E-state index in [-0.39, 0.29) is 29.3 Å². The number of amides is 2. The first-order valence-corrected chi connectivity index (χ1v) is 9.85. The van der Waals surface area contributed by atoms with Crippen LogP contribution < -0.4 is 0 Å². The van der Waals surface area contributed by atoms with Crippen LogP contribution in [0.2, 0.25) is 0 Å². The lowest BCUT2D eigenvalue weighted by molar-refractivity contribution is -0.139. The standard InChI is InChI=1S/C23H27FN2O2/c1-17(2)26(16-18-8-4-3-5-9-18)22(27)19-12-14-25(15-13-19)23(28)20-10-6-7-11-21(20)24/h3-11,17,19H,12-16H2,1-2H3. The van der Waals surface area contributed by atoms with Gasteiger partial charge in [0, 0.05) is 31.6 Å². The number of rotatable bonds is 5. The average Bonchev–Trinajstić information content (AvgIpc) is 2.72. The molecule has 4 nitrogen and oxygen atoms in total. The van der Waals surface area contributed by atoms with E-state index in [4.69, 9.17) is 0 Å². The lowest BCUT2D eigenvalue weighted by Gasteiger charge is -2.36. The molecule has 0 aliphatic carbocycles. The Morgan fingerprint density at radius 1 is 1.04 bits per heavy atom. The Kier molecular flexibility index (Phi) is 6.45. The number of hydrogen-bond acceptors (Lipinski definition) is 2. The molecular formula is C23H27FN2O2. The highest BCUT2D eigenvalue weighted by Crippen LogP contribution is 2.24. The highest BCUT2D eigenvalue weighted by Gasteiger charge is 2.32. The lowest BCUT2D eigenvalue weighted by atomic mass is 9.94. The second-order valence-corrected chi connectivity index (χ2v) is 7.59. The van der Waals surface area contributed by atoms with E-state index in [1.165, 1.54) is 12.1 Å². The van der Waals surface area contributed by atoms with Crippen LogP contribution in [0.4, 0.5) is 4.39 Å². The summed E-state index contributed by atoms with van der Waals surface area (Å²) in [6, 6.07) is 16.1. The van der Waals surface area contributed by atoms with Crippen molar-refractivity contribution in [2.45, 2.75) is 39.3 Å². The maximum atomic E-state index is 13.9. The van der Waals surface area contributed by atoms with Gasteiger partial charge in [0.1, 0.15) is 5.82 Å². The van der Waals surface area contributed by atoms with Crippen molar-refractivity contribution in [2.24, 2.45) is 5.92 Å². The zero-order chi connectivity index (χ0) is 20.1.